The summed E-state index contributed by atoms with van der Waals surface area (Å²) in [6.45, 7) is 2.39. The van der Waals surface area contributed by atoms with Crippen LogP contribution in [0.5, 0.6) is 0 Å². The van der Waals surface area contributed by atoms with Crippen molar-refractivity contribution in [1.29, 1.82) is 0 Å². The van der Waals surface area contributed by atoms with Crippen molar-refractivity contribution in [2.24, 2.45) is 0 Å². The van der Waals surface area contributed by atoms with Crippen LogP contribution in [-0.2, 0) is 11.3 Å². The van der Waals surface area contributed by atoms with Crippen LogP contribution in [0.1, 0.15) is 18.1 Å². The molecule has 0 amide bonds. The van der Waals surface area contributed by atoms with E-state index in [1.165, 1.54) is 11.1 Å². The van der Waals surface area contributed by atoms with Crippen molar-refractivity contribution in [3.63, 3.8) is 0 Å². The number of carboxylic acids is 1. The second kappa shape index (κ2) is 7.01. The zero-order valence-electron chi connectivity index (χ0n) is 13.5. The lowest BCUT2D eigenvalue weighted by Gasteiger charge is -2.05. The van der Waals surface area contributed by atoms with Crippen molar-refractivity contribution >= 4 is 22.9 Å². The first-order valence-corrected chi connectivity index (χ1v) is 7.85. The lowest BCUT2D eigenvalue weighted by atomic mass is 10.1. The molecule has 0 saturated carbocycles. The molecule has 1 N–H and O–H groups in total. The molecule has 1 aromatic heterocycles. The van der Waals surface area contributed by atoms with Crippen molar-refractivity contribution < 1.29 is 9.90 Å². The summed E-state index contributed by atoms with van der Waals surface area (Å²) in [5, 5.41) is 10.1. The van der Waals surface area contributed by atoms with Crippen LogP contribution >= 0.6 is 0 Å². The highest BCUT2D eigenvalue weighted by molar-refractivity contribution is 5.90. The zero-order chi connectivity index (χ0) is 16.9. The standard InChI is InChI=1S/C21H19NO2/c1-16(21(23)24)8-7-11-18-15-22(14-17-9-3-2-4-10-17)20-13-6-5-12-19(18)20/h2-13,15H,14H2,1H3,(H,23,24). The fourth-order valence-electron chi connectivity index (χ4n) is 2.69. The van der Waals surface area contributed by atoms with Crippen molar-refractivity contribution in [2.45, 2.75) is 13.5 Å². The minimum absolute atomic E-state index is 0.319. The van der Waals surface area contributed by atoms with Crippen LogP contribution in [0.4, 0.5) is 0 Å². The molecule has 0 fully saturated rings. The van der Waals surface area contributed by atoms with Gasteiger partial charge in [-0.3, -0.25) is 0 Å². The van der Waals surface area contributed by atoms with Crippen LogP contribution in [0, 0.1) is 0 Å². The summed E-state index contributed by atoms with van der Waals surface area (Å²) in [5.74, 6) is -0.897. The van der Waals surface area contributed by atoms with Crippen LogP contribution in [0.2, 0.25) is 0 Å². The lowest BCUT2D eigenvalue weighted by molar-refractivity contribution is -0.132. The number of hydrogen-bond donors (Lipinski definition) is 1. The van der Waals surface area contributed by atoms with E-state index in [1.54, 1.807) is 19.1 Å². The van der Waals surface area contributed by atoms with Crippen LogP contribution in [0.15, 0.2) is 78.5 Å². The first-order valence-electron chi connectivity index (χ1n) is 7.85. The number of aliphatic carboxylic acids is 1. The summed E-state index contributed by atoms with van der Waals surface area (Å²) in [5.41, 5.74) is 3.81. The molecule has 3 heteroatoms. The van der Waals surface area contributed by atoms with E-state index < -0.39 is 5.97 Å². The van der Waals surface area contributed by atoms with Crippen LogP contribution < -0.4 is 0 Å². The number of benzene rings is 2. The van der Waals surface area contributed by atoms with Gasteiger partial charge < -0.3 is 9.67 Å². The smallest absolute Gasteiger partial charge is 0.331 e. The van der Waals surface area contributed by atoms with E-state index in [2.05, 4.69) is 35.0 Å². The topological polar surface area (TPSA) is 42.2 Å². The number of nitrogens with zero attached hydrogens (tertiary/aromatic N) is 1. The van der Waals surface area contributed by atoms with Gasteiger partial charge in [-0.25, -0.2) is 4.79 Å². The molecular formula is C21H19NO2. The Morgan fingerprint density at radius 2 is 1.79 bits per heavy atom. The van der Waals surface area contributed by atoms with E-state index in [0.29, 0.717) is 5.57 Å². The number of hydrogen-bond acceptors (Lipinski definition) is 1. The molecule has 1 heterocycles. The average Bonchev–Trinajstić information content (AvgIpc) is 2.94. The number of fused-ring (bicyclic) bond motifs is 1. The van der Waals surface area contributed by atoms with E-state index in [4.69, 9.17) is 5.11 Å². The van der Waals surface area contributed by atoms with Gasteiger partial charge in [-0.15, -0.1) is 0 Å². The van der Waals surface area contributed by atoms with E-state index in [1.807, 2.05) is 36.4 Å². The molecule has 0 saturated heterocycles. The SMILES string of the molecule is CC(=CC=Cc1cn(Cc2ccccc2)c2ccccc12)C(=O)O. The van der Waals surface area contributed by atoms with Gasteiger partial charge in [0.15, 0.2) is 0 Å². The molecule has 0 atom stereocenters. The van der Waals surface area contributed by atoms with Gasteiger partial charge in [0.1, 0.15) is 0 Å². The minimum atomic E-state index is -0.897. The molecule has 2 aromatic carbocycles. The number of rotatable bonds is 5. The lowest BCUT2D eigenvalue weighted by Crippen LogP contribution is -1.97. The van der Waals surface area contributed by atoms with Crippen molar-refractivity contribution in [1.82, 2.24) is 4.57 Å². The number of para-hydroxylation sites is 1. The van der Waals surface area contributed by atoms with Gasteiger partial charge in [-0.05, 0) is 24.1 Å². The highest BCUT2D eigenvalue weighted by Crippen LogP contribution is 2.23. The van der Waals surface area contributed by atoms with Crippen LogP contribution in [0.3, 0.4) is 0 Å². The molecule has 0 aliphatic rings. The maximum atomic E-state index is 10.9. The number of carbonyl (C=O) groups is 1. The molecule has 0 unspecified atom stereocenters. The Kier molecular flexibility index (Phi) is 4.62. The average molecular weight is 317 g/mol. The monoisotopic (exact) mass is 317 g/mol. The van der Waals surface area contributed by atoms with Gasteiger partial charge >= 0.3 is 5.97 Å². The third kappa shape index (κ3) is 3.46. The Morgan fingerprint density at radius 3 is 2.54 bits per heavy atom. The fourth-order valence-corrected chi connectivity index (χ4v) is 2.69. The zero-order valence-corrected chi connectivity index (χ0v) is 13.5. The Labute approximate surface area is 141 Å². The van der Waals surface area contributed by atoms with Crippen LogP contribution in [-0.4, -0.2) is 15.6 Å². The van der Waals surface area contributed by atoms with Gasteiger partial charge in [0, 0.05) is 29.2 Å². The first-order chi connectivity index (χ1) is 11.6. The predicted octanol–water partition coefficient (Wildman–Crippen LogP) is 4.73. The van der Waals surface area contributed by atoms with E-state index in [0.717, 1.165) is 17.5 Å². The Hall–Kier alpha value is -3.07. The first kappa shape index (κ1) is 15.8. The molecular weight excluding hydrogens is 298 g/mol. The maximum Gasteiger partial charge on any atom is 0.331 e. The molecule has 120 valence electrons. The summed E-state index contributed by atoms with van der Waals surface area (Å²) >= 11 is 0. The summed E-state index contributed by atoms with van der Waals surface area (Å²) in [4.78, 5) is 10.9. The highest BCUT2D eigenvalue weighted by atomic mass is 16.4. The van der Waals surface area contributed by atoms with E-state index >= 15 is 0 Å². The third-order valence-corrected chi connectivity index (χ3v) is 3.97. The fraction of sp³-hybridized carbons (Fsp3) is 0.0952. The Balaban J connectivity index is 1.96. The molecule has 3 rings (SSSR count). The van der Waals surface area contributed by atoms with Gasteiger partial charge in [0.25, 0.3) is 0 Å². The summed E-state index contributed by atoms with van der Waals surface area (Å²) < 4.78 is 2.22. The highest BCUT2D eigenvalue weighted by Gasteiger charge is 2.06. The summed E-state index contributed by atoms with van der Waals surface area (Å²) in [6.07, 6.45) is 7.47. The normalized spacial score (nSPS) is 12.1. The molecule has 3 aromatic rings. The summed E-state index contributed by atoms with van der Waals surface area (Å²) in [7, 11) is 0. The van der Waals surface area contributed by atoms with Crippen LogP contribution in [0.25, 0.3) is 17.0 Å². The largest absolute Gasteiger partial charge is 0.478 e. The van der Waals surface area contributed by atoms with E-state index in [-0.39, 0.29) is 0 Å². The predicted molar refractivity (Wildman–Crippen MR) is 97.9 cm³/mol. The molecule has 0 spiro atoms. The third-order valence-electron chi connectivity index (χ3n) is 3.97. The molecule has 3 nitrogen and oxygen atoms in total. The van der Waals surface area contributed by atoms with Crippen molar-refractivity contribution in [3.05, 3.63) is 89.6 Å². The number of carboxylic acid groups (broad SMARTS) is 1. The number of aromatic nitrogens is 1. The molecule has 0 aliphatic carbocycles. The molecule has 24 heavy (non-hydrogen) atoms. The van der Waals surface area contributed by atoms with Gasteiger partial charge in [-0.2, -0.15) is 0 Å². The molecule has 0 bridgehead atoms. The minimum Gasteiger partial charge on any atom is -0.478 e. The van der Waals surface area contributed by atoms with Crippen molar-refractivity contribution in [3.8, 4) is 0 Å². The Morgan fingerprint density at radius 1 is 1.08 bits per heavy atom. The molecule has 0 aliphatic heterocycles. The maximum absolute atomic E-state index is 10.9. The van der Waals surface area contributed by atoms with Gasteiger partial charge in [0.05, 0.1) is 0 Å². The van der Waals surface area contributed by atoms with Gasteiger partial charge in [-0.1, -0.05) is 66.8 Å². The summed E-state index contributed by atoms with van der Waals surface area (Å²) in [6, 6.07) is 18.6. The number of allylic oxidation sites excluding steroid dienone is 2. The second-order valence-corrected chi connectivity index (χ2v) is 5.73. The molecule has 0 radical (unpaired) electrons. The quantitative estimate of drug-likeness (QED) is 0.546. The Bertz CT molecular complexity index is 917. The van der Waals surface area contributed by atoms with Crippen molar-refractivity contribution in [2.75, 3.05) is 0 Å². The van der Waals surface area contributed by atoms with E-state index in [9.17, 15) is 4.79 Å². The second-order valence-electron chi connectivity index (χ2n) is 5.73. The van der Waals surface area contributed by atoms with Gasteiger partial charge in [0.2, 0.25) is 0 Å².